The number of nitrogens with two attached hydrogens (primary N) is 1. The van der Waals surface area contributed by atoms with Gasteiger partial charge in [-0.2, -0.15) is 15.5 Å². The molecule has 11 heteroatoms. The Morgan fingerprint density at radius 2 is 2.12 bits per heavy atom. The molecule has 0 spiro atoms. The molecule has 3 N–H and O–H groups in total. The Morgan fingerprint density at radius 1 is 1.30 bits per heavy atom. The van der Waals surface area contributed by atoms with Crippen molar-refractivity contribution < 1.29 is 4.39 Å². The predicted octanol–water partition coefficient (Wildman–Crippen LogP) is 3.15. The van der Waals surface area contributed by atoms with Crippen LogP contribution in [0.4, 0.5) is 10.2 Å². The first kappa shape index (κ1) is 20.3. The number of fused-ring (bicyclic) bond motifs is 4. The van der Waals surface area contributed by atoms with E-state index < -0.39 is 12.2 Å². The van der Waals surface area contributed by atoms with Crippen LogP contribution in [0.25, 0.3) is 33.3 Å². The summed E-state index contributed by atoms with van der Waals surface area (Å²) in [5, 5.41) is 22.3. The third-order valence-corrected chi connectivity index (χ3v) is 7.35. The molecule has 0 saturated carbocycles. The molecule has 2 aliphatic heterocycles. The number of hydrogen-bond acceptors (Lipinski definition) is 7. The molecule has 1 aromatic carbocycles. The maximum Gasteiger partial charge on any atom is 0.202 e. The first-order valence-electron chi connectivity index (χ1n) is 10.9. The monoisotopic (exact) mass is 465 g/mol. The van der Waals surface area contributed by atoms with Gasteiger partial charge in [-0.15, -0.1) is 0 Å². The summed E-state index contributed by atoms with van der Waals surface area (Å²) in [5.74, 6) is 0.656. The van der Waals surface area contributed by atoms with Crippen LogP contribution in [0.5, 0.6) is 0 Å². The molecule has 4 atom stereocenters. The lowest BCUT2D eigenvalue weighted by Gasteiger charge is -2.41. The van der Waals surface area contributed by atoms with Crippen LogP contribution in [-0.4, -0.2) is 54.2 Å². The number of halogens is 2. The number of aryl methyl sites for hydroxylation is 2. The highest BCUT2D eigenvalue weighted by Gasteiger charge is 2.47. The quantitative estimate of drug-likeness (QED) is 0.465. The summed E-state index contributed by atoms with van der Waals surface area (Å²) < 4.78 is 16.3. The van der Waals surface area contributed by atoms with Crippen molar-refractivity contribution in [2.75, 3.05) is 4.90 Å². The van der Waals surface area contributed by atoms with Crippen LogP contribution in [0.2, 0.25) is 5.02 Å². The normalized spacial score (nSPS) is 24.7. The van der Waals surface area contributed by atoms with Gasteiger partial charge in [0, 0.05) is 24.7 Å². The van der Waals surface area contributed by atoms with Crippen molar-refractivity contribution in [3.63, 3.8) is 0 Å². The Labute approximate surface area is 193 Å². The number of aromatic amines is 1. The van der Waals surface area contributed by atoms with E-state index in [1.807, 2.05) is 19.1 Å². The molecule has 9 nitrogen and oxygen atoms in total. The molecule has 0 radical (unpaired) electrons. The lowest BCUT2D eigenvalue weighted by Crippen LogP contribution is -2.56. The van der Waals surface area contributed by atoms with Gasteiger partial charge in [0.2, 0.25) is 5.65 Å². The second-order valence-electron chi connectivity index (χ2n) is 8.86. The molecule has 2 fully saturated rings. The number of nitrogens with one attached hydrogen (secondary N) is 1. The van der Waals surface area contributed by atoms with Crippen LogP contribution >= 0.6 is 11.6 Å². The minimum absolute atomic E-state index is 0.160. The first-order chi connectivity index (χ1) is 15.9. The van der Waals surface area contributed by atoms with Crippen molar-refractivity contribution in [2.45, 2.75) is 50.5 Å². The summed E-state index contributed by atoms with van der Waals surface area (Å²) in [6, 6.07) is 5.25. The van der Waals surface area contributed by atoms with Crippen molar-refractivity contribution in [1.29, 1.82) is 5.26 Å². The average Bonchev–Trinajstić information content (AvgIpc) is 3.45. The van der Waals surface area contributed by atoms with Gasteiger partial charge in [0.1, 0.15) is 23.5 Å². The summed E-state index contributed by atoms with van der Waals surface area (Å²) in [6.07, 6.45) is 1.16. The lowest BCUT2D eigenvalue weighted by atomic mass is 9.96. The predicted molar refractivity (Wildman–Crippen MR) is 123 cm³/mol. The minimum atomic E-state index is -1.09. The van der Waals surface area contributed by atoms with Crippen molar-refractivity contribution in [2.24, 2.45) is 12.8 Å². The van der Waals surface area contributed by atoms with E-state index >= 15 is 0 Å². The lowest BCUT2D eigenvalue weighted by molar-refractivity contribution is 0.203. The van der Waals surface area contributed by atoms with Crippen LogP contribution in [-0.2, 0) is 7.05 Å². The molecule has 3 aromatic heterocycles. The largest absolute Gasteiger partial charge is 0.346 e. The molecule has 2 bridgehead atoms. The molecule has 6 rings (SSSR count). The van der Waals surface area contributed by atoms with Crippen molar-refractivity contribution in [3.8, 4) is 17.3 Å². The third-order valence-electron chi connectivity index (χ3n) is 6.96. The molecular formula is C22H21ClFN9. The molecular weight excluding hydrogens is 445 g/mol. The van der Waals surface area contributed by atoms with Gasteiger partial charge in [0.25, 0.3) is 0 Å². The van der Waals surface area contributed by atoms with Gasteiger partial charge in [0.05, 0.1) is 33.4 Å². The Morgan fingerprint density at radius 3 is 2.91 bits per heavy atom. The molecule has 0 unspecified atom stereocenters. The van der Waals surface area contributed by atoms with E-state index in [9.17, 15) is 9.65 Å². The first-order valence-corrected chi connectivity index (χ1v) is 11.2. The van der Waals surface area contributed by atoms with Gasteiger partial charge in [-0.05, 0) is 38.3 Å². The third kappa shape index (κ3) is 2.79. The van der Waals surface area contributed by atoms with E-state index in [4.69, 9.17) is 27.3 Å². The molecule has 33 heavy (non-hydrogen) atoms. The van der Waals surface area contributed by atoms with Crippen LogP contribution in [0.1, 0.15) is 30.7 Å². The number of nitrogens with zero attached hydrogens (tertiary/aromatic N) is 7. The van der Waals surface area contributed by atoms with E-state index in [1.54, 1.807) is 7.05 Å². The second kappa shape index (κ2) is 7.10. The molecule has 2 aliphatic rings. The van der Waals surface area contributed by atoms with Crippen LogP contribution in [0.3, 0.4) is 0 Å². The summed E-state index contributed by atoms with van der Waals surface area (Å²) in [7, 11) is 1.71. The topological polar surface area (TPSA) is 125 Å². The molecule has 0 amide bonds. The Balaban J connectivity index is 1.48. The maximum absolute atomic E-state index is 14.8. The number of anilines is 1. The second-order valence-corrected chi connectivity index (χ2v) is 9.24. The number of aromatic nitrogens is 6. The maximum atomic E-state index is 14.8. The van der Waals surface area contributed by atoms with E-state index in [2.05, 4.69) is 26.3 Å². The fraction of sp³-hybridized carbons (Fsp3) is 0.409. The van der Waals surface area contributed by atoms with Gasteiger partial charge in [-0.1, -0.05) is 11.6 Å². The van der Waals surface area contributed by atoms with Crippen LogP contribution < -0.4 is 10.6 Å². The minimum Gasteiger partial charge on any atom is -0.346 e. The number of H-pyrrole nitrogens is 1. The molecule has 168 valence electrons. The van der Waals surface area contributed by atoms with Gasteiger partial charge >= 0.3 is 0 Å². The number of alkyl halides is 1. The van der Waals surface area contributed by atoms with Crippen molar-refractivity contribution >= 4 is 39.5 Å². The van der Waals surface area contributed by atoms with E-state index in [0.717, 1.165) is 12.8 Å². The average molecular weight is 466 g/mol. The summed E-state index contributed by atoms with van der Waals surface area (Å²) >= 11 is 6.74. The van der Waals surface area contributed by atoms with Crippen molar-refractivity contribution in [1.82, 2.24) is 29.9 Å². The Kier molecular flexibility index (Phi) is 4.38. The Bertz CT molecular complexity index is 1470. The van der Waals surface area contributed by atoms with Gasteiger partial charge in [-0.3, -0.25) is 9.78 Å². The zero-order chi connectivity index (χ0) is 23.0. The molecule has 4 aromatic rings. The summed E-state index contributed by atoms with van der Waals surface area (Å²) in [4.78, 5) is 11.6. The van der Waals surface area contributed by atoms with Gasteiger partial charge in [0.15, 0.2) is 5.82 Å². The summed E-state index contributed by atoms with van der Waals surface area (Å²) in [6.45, 7) is 1.87. The highest BCUT2D eigenvalue weighted by atomic mass is 35.5. The standard InChI is InChI=1S/C22H21ClFN9/c1-9-22(33-10-3-6-14(33)18(24)12(26)7-10)28-21-20(27-9)19(29-30-21)11-4-5-13-16(17(11)23)15(8-25)32(2)31-13/h4-5,10,12,14,18H,3,6-7,26H2,1-2H3,(H,28,29,30)/t10-,12-,14+,18-/m0/s1. The number of hydrogen-bond donors (Lipinski definition) is 2. The molecule has 2 saturated heterocycles. The highest BCUT2D eigenvalue weighted by Crippen LogP contribution is 2.42. The zero-order valence-electron chi connectivity index (χ0n) is 18.0. The van der Waals surface area contributed by atoms with Crippen LogP contribution in [0, 0.1) is 18.3 Å². The summed E-state index contributed by atoms with van der Waals surface area (Å²) in [5.41, 5.74) is 9.99. The fourth-order valence-corrected chi connectivity index (χ4v) is 5.77. The van der Waals surface area contributed by atoms with Gasteiger partial charge in [-0.25, -0.2) is 14.4 Å². The van der Waals surface area contributed by atoms with Gasteiger partial charge < -0.3 is 10.6 Å². The molecule has 0 aliphatic carbocycles. The zero-order valence-corrected chi connectivity index (χ0v) is 18.8. The smallest absolute Gasteiger partial charge is 0.202 e. The molecule has 5 heterocycles. The number of benzene rings is 1. The Hall–Kier alpha value is -3.29. The highest BCUT2D eigenvalue weighted by molar-refractivity contribution is 6.38. The van der Waals surface area contributed by atoms with Crippen molar-refractivity contribution in [3.05, 3.63) is 28.5 Å². The van der Waals surface area contributed by atoms with E-state index in [0.29, 0.717) is 62.0 Å². The number of rotatable bonds is 2. The fourth-order valence-electron chi connectivity index (χ4n) is 5.43. The van der Waals surface area contributed by atoms with E-state index in [-0.39, 0.29) is 12.1 Å². The van der Waals surface area contributed by atoms with Crippen LogP contribution in [0.15, 0.2) is 12.1 Å². The number of nitriles is 1. The SMILES string of the molecule is Cc1nc2c(-c3ccc4nn(C)c(C#N)c4c3Cl)[nH]nc2nc1N1[C@H]2CC[C@@H]1[C@@H](F)[C@@H](N)C2. The van der Waals surface area contributed by atoms with E-state index in [1.165, 1.54) is 4.68 Å². The number of piperidine rings is 1.